The zero-order valence-electron chi connectivity index (χ0n) is 11.9. The van der Waals surface area contributed by atoms with Crippen LogP contribution in [0.3, 0.4) is 0 Å². The summed E-state index contributed by atoms with van der Waals surface area (Å²) in [7, 11) is 0. The highest BCUT2D eigenvalue weighted by Crippen LogP contribution is 2.35. The van der Waals surface area contributed by atoms with Gasteiger partial charge in [-0.05, 0) is 5.56 Å². The fourth-order valence-electron chi connectivity index (χ4n) is 2.15. The van der Waals surface area contributed by atoms with Crippen molar-refractivity contribution in [3.8, 4) is 0 Å². The number of rotatable bonds is 9. The average Bonchev–Trinajstić information content (AvgIpc) is 2.52. The van der Waals surface area contributed by atoms with E-state index in [4.69, 9.17) is 10.5 Å². The number of hydrogen-bond donors (Lipinski definition) is 1. The fraction of sp³-hybridized carbons (Fsp3) is 0.222. The van der Waals surface area contributed by atoms with Crippen molar-refractivity contribution >= 4 is 0 Å². The molecule has 106 valence electrons. The van der Waals surface area contributed by atoms with E-state index in [1.54, 1.807) is 18.2 Å². The second-order valence-corrected chi connectivity index (χ2v) is 4.41. The van der Waals surface area contributed by atoms with Crippen LogP contribution in [0.15, 0.2) is 80.4 Å². The Kier molecular flexibility index (Phi) is 6.71. The minimum Gasteiger partial charge on any atom is -0.362 e. The van der Waals surface area contributed by atoms with E-state index in [1.807, 2.05) is 30.4 Å². The first kappa shape index (κ1) is 16.2. The molecule has 1 rings (SSSR count). The van der Waals surface area contributed by atoms with Crippen LogP contribution in [0, 0.1) is 0 Å². The first-order valence-corrected chi connectivity index (χ1v) is 6.67. The maximum atomic E-state index is 5.94. The van der Waals surface area contributed by atoms with Crippen molar-refractivity contribution in [2.45, 2.75) is 11.5 Å². The standard InChI is InChI=1S/C18H23NO/c1-4-15-20-18(5-2,6-3)17(13-10-14-19)16-11-8-7-9-12-16/h4-13,17H,1-3,14-15,19H2/t17-/m0/s1. The summed E-state index contributed by atoms with van der Waals surface area (Å²) < 4.78 is 5.94. The van der Waals surface area contributed by atoms with Gasteiger partial charge in [0.05, 0.1) is 6.61 Å². The minimum absolute atomic E-state index is 0.0257. The van der Waals surface area contributed by atoms with Crippen LogP contribution in [0.1, 0.15) is 11.5 Å². The largest absolute Gasteiger partial charge is 0.362 e. The molecule has 1 aromatic rings. The molecule has 0 saturated carbocycles. The van der Waals surface area contributed by atoms with Crippen LogP contribution in [0.2, 0.25) is 0 Å². The number of hydrogen-bond acceptors (Lipinski definition) is 2. The molecule has 0 bridgehead atoms. The first-order valence-electron chi connectivity index (χ1n) is 6.67. The minimum atomic E-state index is -0.679. The maximum absolute atomic E-state index is 5.94. The predicted molar refractivity (Wildman–Crippen MR) is 86.7 cm³/mol. The lowest BCUT2D eigenvalue weighted by molar-refractivity contribution is 0.0367. The third-order valence-electron chi connectivity index (χ3n) is 3.20. The molecule has 0 spiro atoms. The molecule has 0 aromatic heterocycles. The van der Waals surface area contributed by atoms with Crippen molar-refractivity contribution < 1.29 is 4.74 Å². The molecule has 0 amide bonds. The predicted octanol–water partition coefficient (Wildman–Crippen LogP) is 3.60. The van der Waals surface area contributed by atoms with Crippen LogP contribution in [0.4, 0.5) is 0 Å². The van der Waals surface area contributed by atoms with E-state index in [1.165, 1.54) is 0 Å². The van der Waals surface area contributed by atoms with Gasteiger partial charge in [0.1, 0.15) is 5.60 Å². The molecule has 2 heteroatoms. The molecule has 0 aliphatic rings. The van der Waals surface area contributed by atoms with Crippen LogP contribution in [0.25, 0.3) is 0 Å². The van der Waals surface area contributed by atoms with Crippen LogP contribution >= 0.6 is 0 Å². The molecular formula is C18H23NO. The van der Waals surface area contributed by atoms with Gasteiger partial charge < -0.3 is 10.5 Å². The lowest BCUT2D eigenvalue weighted by Crippen LogP contribution is -2.34. The Labute approximate surface area is 122 Å². The Balaban J connectivity index is 3.24. The Morgan fingerprint density at radius 2 is 1.80 bits per heavy atom. The molecule has 0 fully saturated rings. The lowest BCUT2D eigenvalue weighted by Gasteiger charge is -2.34. The Hall–Kier alpha value is -1.90. The smallest absolute Gasteiger partial charge is 0.114 e. The molecule has 0 radical (unpaired) electrons. The van der Waals surface area contributed by atoms with Crippen LogP contribution in [-0.4, -0.2) is 18.8 Å². The molecule has 20 heavy (non-hydrogen) atoms. The summed E-state index contributed by atoms with van der Waals surface area (Å²) >= 11 is 0. The zero-order chi connectivity index (χ0) is 14.8. The Bertz CT molecular complexity index is 454. The topological polar surface area (TPSA) is 35.2 Å². The number of nitrogens with two attached hydrogens (primary N) is 1. The van der Waals surface area contributed by atoms with Crippen molar-refractivity contribution in [3.05, 3.63) is 86.0 Å². The van der Waals surface area contributed by atoms with Gasteiger partial charge in [-0.25, -0.2) is 0 Å². The first-order chi connectivity index (χ1) is 9.74. The third-order valence-corrected chi connectivity index (χ3v) is 3.20. The highest BCUT2D eigenvalue weighted by atomic mass is 16.5. The van der Waals surface area contributed by atoms with E-state index in [0.717, 1.165) is 5.56 Å². The van der Waals surface area contributed by atoms with Crippen LogP contribution in [0.5, 0.6) is 0 Å². The molecular weight excluding hydrogens is 246 g/mol. The van der Waals surface area contributed by atoms with Gasteiger partial charge in [-0.3, -0.25) is 0 Å². The van der Waals surface area contributed by atoms with Crippen molar-refractivity contribution in [1.82, 2.24) is 0 Å². The molecule has 2 N–H and O–H groups in total. The molecule has 0 aliphatic heterocycles. The maximum Gasteiger partial charge on any atom is 0.114 e. The van der Waals surface area contributed by atoms with Crippen molar-refractivity contribution in [2.75, 3.05) is 13.2 Å². The number of benzene rings is 1. The summed E-state index contributed by atoms with van der Waals surface area (Å²) in [6, 6.07) is 10.1. The second-order valence-electron chi connectivity index (χ2n) is 4.41. The Morgan fingerprint density at radius 3 is 2.30 bits per heavy atom. The van der Waals surface area contributed by atoms with E-state index >= 15 is 0 Å². The van der Waals surface area contributed by atoms with Gasteiger partial charge >= 0.3 is 0 Å². The second kappa shape index (κ2) is 8.31. The van der Waals surface area contributed by atoms with E-state index in [2.05, 4.69) is 31.9 Å². The van der Waals surface area contributed by atoms with E-state index in [9.17, 15) is 0 Å². The summed E-state index contributed by atoms with van der Waals surface area (Å²) in [6.45, 7) is 12.4. The molecule has 1 atom stereocenters. The summed E-state index contributed by atoms with van der Waals surface area (Å²) in [5.74, 6) is -0.0257. The molecule has 0 unspecified atom stereocenters. The highest BCUT2D eigenvalue weighted by molar-refractivity contribution is 5.34. The summed E-state index contributed by atoms with van der Waals surface area (Å²) in [6.07, 6.45) is 9.25. The molecule has 0 heterocycles. The summed E-state index contributed by atoms with van der Waals surface area (Å²) in [5.41, 5.74) is 6.03. The van der Waals surface area contributed by atoms with E-state index < -0.39 is 5.60 Å². The number of ether oxygens (including phenoxy) is 1. The van der Waals surface area contributed by atoms with Crippen molar-refractivity contribution in [1.29, 1.82) is 0 Å². The van der Waals surface area contributed by atoms with Gasteiger partial charge in [0.15, 0.2) is 0 Å². The van der Waals surface area contributed by atoms with E-state index in [-0.39, 0.29) is 5.92 Å². The van der Waals surface area contributed by atoms with Gasteiger partial charge in [-0.1, -0.05) is 73.9 Å². The SMILES string of the molecule is C=CCOC(C=C)(C=C)[C@@H](C=CCN)c1ccccc1. The molecule has 1 aromatic carbocycles. The van der Waals surface area contributed by atoms with Gasteiger partial charge in [0, 0.05) is 12.5 Å². The zero-order valence-corrected chi connectivity index (χ0v) is 11.9. The lowest BCUT2D eigenvalue weighted by atomic mass is 9.81. The van der Waals surface area contributed by atoms with Gasteiger partial charge in [0.2, 0.25) is 0 Å². The quantitative estimate of drug-likeness (QED) is 0.695. The van der Waals surface area contributed by atoms with Gasteiger partial charge in [0.25, 0.3) is 0 Å². The van der Waals surface area contributed by atoms with Gasteiger partial charge in [-0.2, -0.15) is 0 Å². The normalized spacial score (nSPS) is 13.1. The fourth-order valence-corrected chi connectivity index (χ4v) is 2.15. The molecule has 0 aliphatic carbocycles. The molecule has 2 nitrogen and oxygen atoms in total. The van der Waals surface area contributed by atoms with E-state index in [0.29, 0.717) is 13.2 Å². The summed E-state index contributed by atoms with van der Waals surface area (Å²) in [5, 5.41) is 0. The van der Waals surface area contributed by atoms with Crippen LogP contribution < -0.4 is 5.73 Å². The highest BCUT2D eigenvalue weighted by Gasteiger charge is 2.33. The van der Waals surface area contributed by atoms with Crippen LogP contribution in [-0.2, 0) is 4.74 Å². The van der Waals surface area contributed by atoms with Crippen molar-refractivity contribution in [2.24, 2.45) is 5.73 Å². The molecule has 0 saturated heterocycles. The summed E-state index contributed by atoms with van der Waals surface area (Å²) in [4.78, 5) is 0. The monoisotopic (exact) mass is 269 g/mol. The average molecular weight is 269 g/mol. The van der Waals surface area contributed by atoms with Gasteiger partial charge in [-0.15, -0.1) is 6.58 Å². The van der Waals surface area contributed by atoms with Crippen molar-refractivity contribution in [3.63, 3.8) is 0 Å². The Morgan fingerprint density at radius 1 is 1.15 bits per heavy atom. The third kappa shape index (κ3) is 3.80.